The Morgan fingerprint density at radius 3 is 2.77 bits per heavy atom. The maximum atomic E-state index is 12.1. The highest BCUT2D eigenvalue weighted by Crippen LogP contribution is 2.15. The van der Waals surface area contributed by atoms with Gasteiger partial charge in [0.1, 0.15) is 12.4 Å². The Kier molecular flexibility index (Phi) is 6.15. The molecule has 1 aromatic carbocycles. The zero-order valence-electron chi connectivity index (χ0n) is 13.2. The van der Waals surface area contributed by atoms with Crippen molar-refractivity contribution >= 4 is 5.91 Å². The summed E-state index contributed by atoms with van der Waals surface area (Å²) in [5.74, 6) is 0.760. The fourth-order valence-corrected chi connectivity index (χ4v) is 2.34. The van der Waals surface area contributed by atoms with Gasteiger partial charge < -0.3 is 14.6 Å². The van der Waals surface area contributed by atoms with Crippen LogP contribution in [0.5, 0.6) is 0 Å². The van der Waals surface area contributed by atoms with E-state index in [2.05, 4.69) is 17.2 Å². The van der Waals surface area contributed by atoms with Crippen LogP contribution in [0.15, 0.2) is 42.7 Å². The zero-order chi connectivity index (χ0) is 15.8. The monoisotopic (exact) mass is 301 g/mol. The standard InChI is InChI=1S/C17H23N3O2/c1-3-7-15(17-18-10-11-20(17)2)19-16(21)13-22-12-14-8-5-4-6-9-14/h4-6,8-11,15H,3,7,12-13H2,1-2H3,(H,19,21)/t15-/m1/s1. The van der Waals surface area contributed by atoms with Gasteiger partial charge in [-0.3, -0.25) is 4.79 Å². The van der Waals surface area contributed by atoms with E-state index in [9.17, 15) is 4.79 Å². The molecule has 5 nitrogen and oxygen atoms in total. The van der Waals surface area contributed by atoms with E-state index in [1.165, 1.54) is 0 Å². The molecule has 0 saturated carbocycles. The van der Waals surface area contributed by atoms with Gasteiger partial charge in [-0.05, 0) is 12.0 Å². The van der Waals surface area contributed by atoms with Crippen molar-refractivity contribution in [1.29, 1.82) is 0 Å². The van der Waals surface area contributed by atoms with Crippen molar-refractivity contribution in [3.8, 4) is 0 Å². The fourth-order valence-electron chi connectivity index (χ4n) is 2.34. The number of carbonyl (C=O) groups excluding carboxylic acids is 1. The maximum absolute atomic E-state index is 12.1. The van der Waals surface area contributed by atoms with E-state index in [0.29, 0.717) is 6.61 Å². The van der Waals surface area contributed by atoms with Crippen LogP contribution in [0.25, 0.3) is 0 Å². The number of hydrogen-bond acceptors (Lipinski definition) is 3. The molecule has 0 bridgehead atoms. The summed E-state index contributed by atoms with van der Waals surface area (Å²) in [6.45, 7) is 2.59. The van der Waals surface area contributed by atoms with Crippen LogP contribution in [0.3, 0.4) is 0 Å². The Bertz CT molecular complexity index is 581. The van der Waals surface area contributed by atoms with Crippen LogP contribution in [0, 0.1) is 0 Å². The lowest BCUT2D eigenvalue weighted by Crippen LogP contribution is -2.33. The lowest BCUT2D eigenvalue weighted by molar-refractivity contribution is -0.127. The molecule has 1 amide bonds. The molecule has 0 unspecified atom stereocenters. The van der Waals surface area contributed by atoms with Gasteiger partial charge in [0.15, 0.2) is 0 Å². The summed E-state index contributed by atoms with van der Waals surface area (Å²) in [5, 5.41) is 3.00. The van der Waals surface area contributed by atoms with E-state index in [4.69, 9.17) is 4.74 Å². The summed E-state index contributed by atoms with van der Waals surface area (Å²) in [7, 11) is 1.93. The normalized spacial score (nSPS) is 12.1. The number of nitrogens with zero attached hydrogens (tertiary/aromatic N) is 2. The molecule has 118 valence electrons. The second kappa shape index (κ2) is 8.34. The fraction of sp³-hybridized carbons (Fsp3) is 0.412. The second-order valence-corrected chi connectivity index (χ2v) is 5.28. The summed E-state index contributed by atoms with van der Waals surface area (Å²) >= 11 is 0. The third-order valence-corrected chi connectivity index (χ3v) is 3.43. The van der Waals surface area contributed by atoms with Crippen molar-refractivity contribution in [3.63, 3.8) is 0 Å². The molecule has 0 aliphatic heterocycles. The number of amides is 1. The average Bonchev–Trinajstić information content (AvgIpc) is 2.94. The van der Waals surface area contributed by atoms with Crippen LogP contribution in [0.2, 0.25) is 0 Å². The van der Waals surface area contributed by atoms with E-state index in [1.54, 1.807) is 6.20 Å². The summed E-state index contributed by atoms with van der Waals surface area (Å²) < 4.78 is 7.40. The van der Waals surface area contributed by atoms with Crippen molar-refractivity contribution in [2.45, 2.75) is 32.4 Å². The molecule has 0 spiro atoms. The van der Waals surface area contributed by atoms with Gasteiger partial charge in [0.05, 0.1) is 12.6 Å². The number of aryl methyl sites for hydroxylation is 1. The molecular weight excluding hydrogens is 278 g/mol. The molecule has 2 rings (SSSR count). The van der Waals surface area contributed by atoms with Crippen molar-refractivity contribution in [2.75, 3.05) is 6.61 Å². The van der Waals surface area contributed by atoms with E-state index in [1.807, 2.05) is 48.1 Å². The Hall–Kier alpha value is -2.14. The van der Waals surface area contributed by atoms with E-state index in [0.717, 1.165) is 24.2 Å². The molecule has 1 heterocycles. The minimum Gasteiger partial charge on any atom is -0.367 e. The van der Waals surface area contributed by atoms with Crippen LogP contribution in [-0.4, -0.2) is 22.1 Å². The second-order valence-electron chi connectivity index (χ2n) is 5.28. The number of aromatic nitrogens is 2. The summed E-state index contributed by atoms with van der Waals surface area (Å²) in [5.41, 5.74) is 1.06. The predicted octanol–water partition coefficient (Wildman–Crippen LogP) is 2.59. The first-order chi connectivity index (χ1) is 10.7. The van der Waals surface area contributed by atoms with Gasteiger partial charge in [-0.1, -0.05) is 43.7 Å². The highest BCUT2D eigenvalue weighted by atomic mass is 16.5. The number of imidazole rings is 1. The quantitative estimate of drug-likeness (QED) is 0.815. The number of nitrogens with one attached hydrogen (secondary N) is 1. The van der Waals surface area contributed by atoms with Crippen LogP contribution in [0.4, 0.5) is 0 Å². The minimum atomic E-state index is -0.114. The summed E-state index contributed by atoms with van der Waals surface area (Å²) in [6, 6.07) is 9.75. The van der Waals surface area contributed by atoms with Gasteiger partial charge in [-0.15, -0.1) is 0 Å². The Balaban J connectivity index is 1.82. The average molecular weight is 301 g/mol. The number of hydrogen-bond donors (Lipinski definition) is 1. The molecule has 5 heteroatoms. The largest absolute Gasteiger partial charge is 0.367 e. The van der Waals surface area contributed by atoms with Gasteiger partial charge in [0, 0.05) is 19.4 Å². The molecule has 0 aliphatic carbocycles. The van der Waals surface area contributed by atoms with E-state index >= 15 is 0 Å². The summed E-state index contributed by atoms with van der Waals surface area (Å²) in [4.78, 5) is 16.4. The molecule has 1 N–H and O–H groups in total. The Morgan fingerprint density at radius 1 is 1.36 bits per heavy atom. The molecule has 1 atom stereocenters. The molecule has 2 aromatic rings. The number of ether oxygens (including phenoxy) is 1. The number of carbonyl (C=O) groups is 1. The maximum Gasteiger partial charge on any atom is 0.246 e. The number of benzene rings is 1. The van der Waals surface area contributed by atoms with E-state index in [-0.39, 0.29) is 18.6 Å². The molecule has 0 fully saturated rings. The van der Waals surface area contributed by atoms with Crippen LogP contribution >= 0.6 is 0 Å². The first-order valence-corrected chi connectivity index (χ1v) is 7.59. The smallest absolute Gasteiger partial charge is 0.246 e. The van der Waals surface area contributed by atoms with Gasteiger partial charge in [0.2, 0.25) is 5.91 Å². The SMILES string of the molecule is CCC[C@@H](NC(=O)COCc1ccccc1)c1nccn1C. The molecule has 0 saturated heterocycles. The molecular formula is C17H23N3O2. The lowest BCUT2D eigenvalue weighted by atomic mass is 10.1. The third-order valence-electron chi connectivity index (χ3n) is 3.43. The Morgan fingerprint density at radius 2 is 2.14 bits per heavy atom. The molecule has 22 heavy (non-hydrogen) atoms. The van der Waals surface area contributed by atoms with Crippen LogP contribution in [0.1, 0.15) is 37.2 Å². The number of rotatable bonds is 8. The third kappa shape index (κ3) is 4.70. The van der Waals surface area contributed by atoms with Crippen molar-refractivity contribution < 1.29 is 9.53 Å². The predicted molar refractivity (Wildman–Crippen MR) is 85.1 cm³/mol. The lowest BCUT2D eigenvalue weighted by Gasteiger charge is -2.18. The molecule has 1 aromatic heterocycles. The van der Waals surface area contributed by atoms with Gasteiger partial charge in [-0.2, -0.15) is 0 Å². The minimum absolute atomic E-state index is 0.0551. The van der Waals surface area contributed by atoms with Gasteiger partial charge in [-0.25, -0.2) is 4.98 Å². The first kappa shape index (κ1) is 16.2. The Labute approximate surface area is 131 Å². The van der Waals surface area contributed by atoms with Crippen molar-refractivity contribution in [3.05, 3.63) is 54.1 Å². The highest BCUT2D eigenvalue weighted by molar-refractivity contribution is 5.77. The van der Waals surface area contributed by atoms with Crippen LogP contribution < -0.4 is 5.32 Å². The van der Waals surface area contributed by atoms with Crippen LogP contribution in [-0.2, 0) is 23.2 Å². The first-order valence-electron chi connectivity index (χ1n) is 7.59. The topological polar surface area (TPSA) is 56.1 Å². The van der Waals surface area contributed by atoms with Gasteiger partial charge >= 0.3 is 0 Å². The van der Waals surface area contributed by atoms with Crippen molar-refractivity contribution in [2.24, 2.45) is 7.05 Å². The van der Waals surface area contributed by atoms with Crippen molar-refractivity contribution in [1.82, 2.24) is 14.9 Å². The zero-order valence-corrected chi connectivity index (χ0v) is 13.2. The summed E-state index contributed by atoms with van der Waals surface area (Å²) in [6.07, 6.45) is 5.46. The highest BCUT2D eigenvalue weighted by Gasteiger charge is 2.17. The molecule has 0 aliphatic rings. The van der Waals surface area contributed by atoms with Gasteiger partial charge in [0.25, 0.3) is 0 Å². The van der Waals surface area contributed by atoms with E-state index < -0.39 is 0 Å². The molecule has 0 radical (unpaired) electrons.